The standard InChI is InChI=1S/C3H7NOS/c5-6-3-1-2-4-6/h1-3H2,(H,4,5). The van der Waals surface area contributed by atoms with E-state index in [1.165, 1.54) is 0 Å². The molecule has 3 heteroatoms. The molecule has 1 aliphatic heterocycles. The molecule has 1 N–H and O–H groups in total. The van der Waals surface area contributed by atoms with Crippen LogP contribution in [0.15, 0.2) is 4.36 Å². The van der Waals surface area contributed by atoms with Crippen LogP contribution in [0.2, 0.25) is 0 Å². The van der Waals surface area contributed by atoms with Gasteiger partial charge in [-0.25, -0.2) is 4.36 Å². The summed E-state index contributed by atoms with van der Waals surface area (Å²) in [5.74, 6) is 0.903. The molecule has 0 fully saturated rings. The van der Waals surface area contributed by atoms with Crippen molar-refractivity contribution in [3.05, 3.63) is 0 Å². The van der Waals surface area contributed by atoms with Gasteiger partial charge in [0.05, 0.1) is 0 Å². The first-order valence-electron chi connectivity index (χ1n) is 1.97. The van der Waals surface area contributed by atoms with Gasteiger partial charge in [-0.2, -0.15) is 0 Å². The molecular formula is C3H7NOS. The third-order valence-electron chi connectivity index (χ3n) is 0.725. The summed E-state index contributed by atoms with van der Waals surface area (Å²) in [4.78, 5) is 0. The van der Waals surface area contributed by atoms with Crippen LogP contribution in [0.5, 0.6) is 0 Å². The normalized spacial score (nSPS) is 33.2. The van der Waals surface area contributed by atoms with Crippen molar-refractivity contribution < 1.29 is 4.55 Å². The van der Waals surface area contributed by atoms with Crippen molar-refractivity contribution in [2.45, 2.75) is 6.42 Å². The number of nitrogens with zero attached hydrogens (tertiary/aromatic N) is 1. The molecule has 0 spiro atoms. The zero-order chi connectivity index (χ0) is 4.41. The highest BCUT2D eigenvalue weighted by atomic mass is 32.2. The van der Waals surface area contributed by atoms with Crippen LogP contribution < -0.4 is 0 Å². The lowest BCUT2D eigenvalue weighted by Gasteiger charge is -1.78. The molecule has 1 unspecified atom stereocenters. The molecule has 0 radical (unpaired) electrons. The summed E-state index contributed by atoms with van der Waals surface area (Å²) in [7, 11) is -0.548. The van der Waals surface area contributed by atoms with Crippen LogP contribution in [0.4, 0.5) is 0 Å². The Morgan fingerprint density at radius 2 is 2.50 bits per heavy atom. The van der Waals surface area contributed by atoms with Gasteiger partial charge in [-0.1, -0.05) is 0 Å². The van der Waals surface area contributed by atoms with Gasteiger partial charge in [-0.15, -0.1) is 0 Å². The monoisotopic (exact) mass is 105 g/mol. The SMILES string of the molecule is OS1=NCCC1. The molecule has 0 aromatic heterocycles. The Kier molecular flexibility index (Phi) is 1.22. The van der Waals surface area contributed by atoms with Gasteiger partial charge in [-0.3, -0.25) is 0 Å². The van der Waals surface area contributed by atoms with Crippen molar-refractivity contribution in [1.82, 2.24) is 0 Å². The highest BCUT2D eigenvalue weighted by Gasteiger charge is 1.97. The lowest BCUT2D eigenvalue weighted by atomic mass is 10.5. The first-order valence-corrected chi connectivity index (χ1v) is 3.28. The van der Waals surface area contributed by atoms with Gasteiger partial charge < -0.3 is 4.55 Å². The van der Waals surface area contributed by atoms with E-state index in [0.29, 0.717) is 0 Å². The van der Waals surface area contributed by atoms with Crippen molar-refractivity contribution in [2.75, 3.05) is 12.3 Å². The summed E-state index contributed by atoms with van der Waals surface area (Å²) < 4.78 is 12.4. The van der Waals surface area contributed by atoms with Crippen LogP contribution in [0.25, 0.3) is 0 Å². The van der Waals surface area contributed by atoms with Crippen molar-refractivity contribution >= 4 is 11.0 Å². The molecular weight excluding hydrogens is 98.1 g/mol. The van der Waals surface area contributed by atoms with Gasteiger partial charge in [-0.05, 0) is 6.42 Å². The molecule has 1 rings (SSSR count). The maximum Gasteiger partial charge on any atom is 0.0491 e. The molecule has 0 bridgehead atoms. The van der Waals surface area contributed by atoms with E-state index >= 15 is 0 Å². The van der Waals surface area contributed by atoms with E-state index in [2.05, 4.69) is 4.36 Å². The van der Waals surface area contributed by atoms with E-state index in [9.17, 15) is 0 Å². The van der Waals surface area contributed by atoms with Gasteiger partial charge >= 0.3 is 0 Å². The van der Waals surface area contributed by atoms with E-state index in [1.54, 1.807) is 0 Å². The Labute approximate surface area is 39.5 Å². The van der Waals surface area contributed by atoms with Gasteiger partial charge in [0.2, 0.25) is 0 Å². The maximum atomic E-state index is 8.59. The fourth-order valence-corrected chi connectivity index (χ4v) is 1.28. The molecule has 0 amide bonds. The zero-order valence-corrected chi connectivity index (χ0v) is 4.24. The number of rotatable bonds is 0. The van der Waals surface area contributed by atoms with Gasteiger partial charge in [0.25, 0.3) is 0 Å². The number of hydrogen-bond acceptors (Lipinski definition) is 1. The van der Waals surface area contributed by atoms with Gasteiger partial charge in [0.15, 0.2) is 0 Å². The second-order valence-corrected chi connectivity index (χ2v) is 2.60. The third kappa shape index (κ3) is 0.786. The zero-order valence-electron chi connectivity index (χ0n) is 3.42. The van der Waals surface area contributed by atoms with Crippen molar-refractivity contribution in [3.8, 4) is 0 Å². The van der Waals surface area contributed by atoms with Gasteiger partial charge in [0.1, 0.15) is 0 Å². The second-order valence-electron chi connectivity index (χ2n) is 1.25. The number of hydrogen-bond donors (Lipinski definition) is 1. The van der Waals surface area contributed by atoms with Crippen molar-refractivity contribution in [3.63, 3.8) is 0 Å². The molecule has 0 saturated heterocycles. The molecule has 36 valence electrons. The third-order valence-corrected chi connectivity index (χ3v) is 1.86. The second kappa shape index (κ2) is 1.71. The van der Waals surface area contributed by atoms with Crippen LogP contribution in [-0.4, -0.2) is 16.9 Å². The Balaban J connectivity index is 2.45. The van der Waals surface area contributed by atoms with Crippen LogP contribution in [-0.2, 0) is 11.0 Å². The van der Waals surface area contributed by atoms with E-state index in [4.69, 9.17) is 4.55 Å². The Morgan fingerprint density at radius 3 is 2.67 bits per heavy atom. The summed E-state index contributed by atoms with van der Waals surface area (Å²) in [6, 6.07) is 0. The van der Waals surface area contributed by atoms with Crippen LogP contribution in [0, 0.1) is 0 Å². The van der Waals surface area contributed by atoms with Crippen LogP contribution >= 0.6 is 0 Å². The molecule has 0 saturated carbocycles. The highest BCUT2D eigenvalue weighted by molar-refractivity contribution is 7.81. The molecule has 6 heavy (non-hydrogen) atoms. The smallest absolute Gasteiger partial charge is 0.0491 e. The molecule has 0 aromatic rings. The van der Waals surface area contributed by atoms with E-state index in [0.717, 1.165) is 18.7 Å². The predicted octanol–water partition coefficient (Wildman–Crippen LogP) is 0.665. The summed E-state index contributed by atoms with van der Waals surface area (Å²) in [6.07, 6.45) is 1.08. The Hall–Kier alpha value is 0.110. The molecule has 1 heterocycles. The van der Waals surface area contributed by atoms with E-state index in [-0.39, 0.29) is 0 Å². The minimum Gasteiger partial charge on any atom is -0.322 e. The molecule has 0 aromatic carbocycles. The minimum absolute atomic E-state index is 0.548. The fraction of sp³-hybridized carbons (Fsp3) is 1.00. The maximum absolute atomic E-state index is 8.59. The summed E-state index contributed by atoms with van der Waals surface area (Å²) >= 11 is 0. The Bertz CT molecular complexity index is 80.9. The molecule has 0 aliphatic carbocycles. The average Bonchev–Trinajstić information content (AvgIpc) is 1.86. The van der Waals surface area contributed by atoms with Crippen molar-refractivity contribution in [1.29, 1.82) is 0 Å². The first kappa shape index (κ1) is 4.27. The predicted molar refractivity (Wildman–Crippen MR) is 26.8 cm³/mol. The Morgan fingerprint density at radius 1 is 1.67 bits per heavy atom. The topological polar surface area (TPSA) is 32.6 Å². The summed E-state index contributed by atoms with van der Waals surface area (Å²) in [5.41, 5.74) is 0. The van der Waals surface area contributed by atoms with Crippen LogP contribution in [0.3, 0.4) is 0 Å². The summed E-state index contributed by atoms with van der Waals surface area (Å²) in [5, 5.41) is 0. The largest absolute Gasteiger partial charge is 0.322 e. The van der Waals surface area contributed by atoms with E-state index in [1.807, 2.05) is 0 Å². The fourth-order valence-electron chi connectivity index (χ4n) is 0.428. The molecule has 1 atom stereocenters. The molecule has 1 aliphatic rings. The lowest BCUT2D eigenvalue weighted by molar-refractivity contribution is 0.651. The first-order chi connectivity index (χ1) is 2.89. The van der Waals surface area contributed by atoms with E-state index < -0.39 is 11.0 Å². The lowest BCUT2D eigenvalue weighted by Crippen LogP contribution is -1.83. The van der Waals surface area contributed by atoms with Crippen LogP contribution in [0.1, 0.15) is 6.42 Å². The molecule has 2 nitrogen and oxygen atoms in total. The van der Waals surface area contributed by atoms with Crippen molar-refractivity contribution in [2.24, 2.45) is 4.36 Å². The highest BCUT2D eigenvalue weighted by Crippen LogP contribution is 1.97. The average molecular weight is 105 g/mol. The van der Waals surface area contributed by atoms with Gasteiger partial charge in [0, 0.05) is 23.3 Å². The minimum atomic E-state index is -0.548. The summed E-state index contributed by atoms with van der Waals surface area (Å²) in [6.45, 7) is 0.875. The quantitative estimate of drug-likeness (QED) is 0.482.